The quantitative estimate of drug-likeness (QED) is 0.580. The maximum Gasteiger partial charge on any atom is 0.0972 e. The van der Waals surface area contributed by atoms with Crippen molar-refractivity contribution in [2.24, 2.45) is 16.6 Å². The van der Waals surface area contributed by atoms with E-state index in [1.165, 1.54) is 37.9 Å². The summed E-state index contributed by atoms with van der Waals surface area (Å²) in [5.74, 6) is 3.76. The summed E-state index contributed by atoms with van der Waals surface area (Å²) >= 11 is 1.94. The number of rotatable bonds is 5. The second-order valence-electron chi connectivity index (χ2n) is 4.40. The summed E-state index contributed by atoms with van der Waals surface area (Å²) in [6, 6.07) is 0.386. The number of hydrogen-bond donors (Lipinski definition) is 1. The van der Waals surface area contributed by atoms with Crippen molar-refractivity contribution < 1.29 is 0 Å². The minimum atomic E-state index is 0.386. The van der Waals surface area contributed by atoms with E-state index in [1.54, 1.807) is 0 Å². The molecule has 1 saturated carbocycles. The largest absolute Gasteiger partial charge is 0.387 e. The highest BCUT2D eigenvalue weighted by Gasteiger charge is 2.17. The second-order valence-corrected chi connectivity index (χ2v) is 5.72. The highest BCUT2D eigenvalue weighted by atomic mass is 32.2. The van der Waals surface area contributed by atoms with Crippen molar-refractivity contribution in [2.75, 3.05) is 11.5 Å². The Morgan fingerprint density at radius 1 is 1.40 bits per heavy atom. The third-order valence-electron chi connectivity index (χ3n) is 2.96. The van der Waals surface area contributed by atoms with Crippen LogP contribution in [0.3, 0.4) is 0 Å². The Morgan fingerprint density at radius 2 is 2.07 bits per heavy atom. The molecule has 0 amide bonds. The summed E-state index contributed by atoms with van der Waals surface area (Å²) in [4.78, 5) is 4.61. The average molecular weight is 228 g/mol. The first-order valence-electron chi connectivity index (χ1n) is 6.15. The molecule has 1 fully saturated rings. The minimum Gasteiger partial charge on any atom is -0.387 e. The Kier molecular flexibility index (Phi) is 6.15. The fourth-order valence-corrected chi connectivity index (χ4v) is 2.74. The third-order valence-corrected chi connectivity index (χ3v) is 4.08. The molecule has 0 aromatic heterocycles. The maximum absolute atomic E-state index is 6.06. The number of thioether (sulfide) groups is 1. The van der Waals surface area contributed by atoms with Crippen molar-refractivity contribution in [1.82, 2.24) is 0 Å². The van der Waals surface area contributed by atoms with Gasteiger partial charge < -0.3 is 5.73 Å². The van der Waals surface area contributed by atoms with Crippen LogP contribution in [0.1, 0.15) is 46.0 Å². The van der Waals surface area contributed by atoms with Crippen LogP contribution in [0.4, 0.5) is 0 Å². The molecule has 0 spiro atoms. The molecule has 2 N–H and O–H groups in total. The van der Waals surface area contributed by atoms with E-state index in [-0.39, 0.29) is 0 Å². The maximum atomic E-state index is 6.06. The molecule has 3 heteroatoms. The van der Waals surface area contributed by atoms with Gasteiger partial charge >= 0.3 is 0 Å². The van der Waals surface area contributed by atoms with Gasteiger partial charge in [0.05, 0.1) is 11.9 Å². The van der Waals surface area contributed by atoms with Gasteiger partial charge in [0.2, 0.25) is 0 Å². The first kappa shape index (κ1) is 12.9. The normalized spacial score (nSPS) is 21.6. The first-order chi connectivity index (χ1) is 7.24. The molecule has 0 bridgehead atoms. The molecule has 1 rings (SSSR count). The van der Waals surface area contributed by atoms with Gasteiger partial charge in [-0.1, -0.05) is 26.2 Å². The minimum absolute atomic E-state index is 0.386. The molecular formula is C12H24N2S. The molecule has 0 aromatic rings. The Hall–Kier alpha value is -0.180. The lowest BCUT2D eigenvalue weighted by Gasteiger charge is -2.21. The number of hydrogen-bond acceptors (Lipinski definition) is 2. The van der Waals surface area contributed by atoms with Crippen molar-refractivity contribution in [3.05, 3.63) is 0 Å². The van der Waals surface area contributed by atoms with Crippen LogP contribution in [-0.4, -0.2) is 23.4 Å². The van der Waals surface area contributed by atoms with E-state index in [4.69, 9.17) is 5.73 Å². The van der Waals surface area contributed by atoms with Crippen LogP contribution in [-0.2, 0) is 0 Å². The van der Waals surface area contributed by atoms with E-state index in [1.807, 2.05) is 11.8 Å². The molecule has 2 nitrogen and oxygen atoms in total. The van der Waals surface area contributed by atoms with E-state index < -0.39 is 0 Å². The van der Waals surface area contributed by atoms with Crippen molar-refractivity contribution in [3.63, 3.8) is 0 Å². The standard InChI is InChI=1S/C12H24N2S/c1-3-15-9-10(2)14-12(13)11-7-5-4-6-8-11/h10-11H,3-9H2,1-2H3,(H2,13,14). The van der Waals surface area contributed by atoms with E-state index in [9.17, 15) is 0 Å². The molecule has 0 heterocycles. The van der Waals surface area contributed by atoms with Gasteiger partial charge in [-0.3, -0.25) is 4.99 Å². The average Bonchev–Trinajstić information content (AvgIpc) is 2.27. The smallest absolute Gasteiger partial charge is 0.0972 e. The van der Waals surface area contributed by atoms with Crippen LogP contribution in [0.2, 0.25) is 0 Å². The fraction of sp³-hybridized carbons (Fsp3) is 0.917. The van der Waals surface area contributed by atoms with Gasteiger partial charge in [-0.05, 0) is 25.5 Å². The van der Waals surface area contributed by atoms with Crippen molar-refractivity contribution >= 4 is 17.6 Å². The van der Waals surface area contributed by atoms with Gasteiger partial charge in [-0.2, -0.15) is 11.8 Å². The number of nitrogens with zero attached hydrogens (tertiary/aromatic N) is 1. The first-order valence-corrected chi connectivity index (χ1v) is 7.30. The highest BCUT2D eigenvalue weighted by molar-refractivity contribution is 7.99. The summed E-state index contributed by atoms with van der Waals surface area (Å²) in [6.07, 6.45) is 6.55. The van der Waals surface area contributed by atoms with Crippen LogP contribution < -0.4 is 5.73 Å². The van der Waals surface area contributed by atoms with Crippen molar-refractivity contribution in [2.45, 2.75) is 52.0 Å². The lowest BCUT2D eigenvalue weighted by atomic mass is 9.88. The molecule has 1 aliphatic carbocycles. The van der Waals surface area contributed by atoms with Gasteiger partial charge in [0.1, 0.15) is 0 Å². The van der Waals surface area contributed by atoms with Crippen LogP contribution >= 0.6 is 11.8 Å². The zero-order valence-corrected chi connectivity index (χ0v) is 10.9. The molecule has 0 aliphatic heterocycles. The van der Waals surface area contributed by atoms with Crippen molar-refractivity contribution in [1.29, 1.82) is 0 Å². The zero-order valence-electron chi connectivity index (χ0n) is 10.0. The lowest BCUT2D eigenvalue weighted by molar-refractivity contribution is 0.436. The van der Waals surface area contributed by atoms with E-state index in [0.717, 1.165) is 11.6 Å². The second kappa shape index (κ2) is 7.15. The Morgan fingerprint density at radius 3 is 2.67 bits per heavy atom. The monoisotopic (exact) mass is 228 g/mol. The van der Waals surface area contributed by atoms with Crippen LogP contribution in [0, 0.1) is 5.92 Å². The molecule has 1 atom stereocenters. The van der Waals surface area contributed by atoms with Gasteiger partial charge in [0.25, 0.3) is 0 Å². The summed E-state index contributed by atoms with van der Waals surface area (Å²) < 4.78 is 0. The van der Waals surface area contributed by atoms with Gasteiger partial charge in [0.15, 0.2) is 0 Å². The topological polar surface area (TPSA) is 38.4 Å². The number of aliphatic imine (C=N–C) groups is 1. The molecule has 15 heavy (non-hydrogen) atoms. The van der Waals surface area contributed by atoms with E-state index >= 15 is 0 Å². The third kappa shape index (κ3) is 4.92. The van der Waals surface area contributed by atoms with Gasteiger partial charge in [-0.15, -0.1) is 0 Å². The SMILES string of the molecule is CCSCC(C)N=C(N)C1CCCCC1. The van der Waals surface area contributed by atoms with Crippen LogP contribution in [0.25, 0.3) is 0 Å². The molecule has 1 unspecified atom stereocenters. The molecule has 0 saturated heterocycles. The predicted octanol–water partition coefficient (Wildman–Crippen LogP) is 3.07. The number of nitrogens with two attached hydrogens (primary N) is 1. The van der Waals surface area contributed by atoms with Crippen LogP contribution in [0.15, 0.2) is 4.99 Å². The predicted molar refractivity (Wildman–Crippen MR) is 70.7 cm³/mol. The van der Waals surface area contributed by atoms with Gasteiger partial charge in [-0.25, -0.2) is 0 Å². The summed E-state index contributed by atoms with van der Waals surface area (Å²) in [6.45, 7) is 4.35. The summed E-state index contributed by atoms with van der Waals surface area (Å²) in [5.41, 5.74) is 6.06. The van der Waals surface area contributed by atoms with Crippen molar-refractivity contribution in [3.8, 4) is 0 Å². The highest BCUT2D eigenvalue weighted by Crippen LogP contribution is 2.24. The molecule has 88 valence electrons. The van der Waals surface area contributed by atoms with Gasteiger partial charge in [0, 0.05) is 11.7 Å². The summed E-state index contributed by atoms with van der Waals surface area (Å²) in [7, 11) is 0. The molecule has 0 aromatic carbocycles. The Balaban J connectivity index is 2.35. The zero-order chi connectivity index (χ0) is 11.1. The Labute approximate surface area is 98.1 Å². The lowest BCUT2D eigenvalue weighted by Crippen LogP contribution is -2.27. The van der Waals surface area contributed by atoms with E-state index in [2.05, 4.69) is 18.8 Å². The fourth-order valence-electron chi connectivity index (χ4n) is 2.08. The summed E-state index contributed by atoms with van der Waals surface area (Å²) in [5, 5.41) is 0. The van der Waals surface area contributed by atoms with Crippen LogP contribution in [0.5, 0.6) is 0 Å². The Bertz CT molecular complexity index is 198. The molecule has 1 aliphatic rings. The number of amidine groups is 1. The molecular weight excluding hydrogens is 204 g/mol. The van der Waals surface area contributed by atoms with E-state index in [0.29, 0.717) is 12.0 Å². The molecule has 0 radical (unpaired) electrons.